The second kappa shape index (κ2) is 7.16. The summed E-state index contributed by atoms with van der Waals surface area (Å²) >= 11 is 2.10. The monoisotopic (exact) mass is 413 g/mol. The van der Waals surface area contributed by atoms with Gasteiger partial charge in [0, 0.05) is 10.5 Å². The number of carbonyl (C=O) groups is 1. The second-order valence-electron chi connectivity index (χ2n) is 4.35. The number of aromatic nitrogens is 1. The van der Waals surface area contributed by atoms with Crippen molar-refractivity contribution in [2.24, 2.45) is 0 Å². The van der Waals surface area contributed by atoms with Gasteiger partial charge in [-0.2, -0.15) is 0 Å². The maximum Gasteiger partial charge on any atom is 0.406 e. The summed E-state index contributed by atoms with van der Waals surface area (Å²) in [6, 6.07) is 10.3. The Morgan fingerprint density at radius 2 is 2.09 bits per heavy atom. The van der Waals surface area contributed by atoms with E-state index in [1.807, 2.05) is 12.1 Å². The van der Waals surface area contributed by atoms with Crippen LogP contribution in [0.1, 0.15) is 5.69 Å². The molecule has 0 bridgehead atoms. The van der Waals surface area contributed by atoms with Gasteiger partial charge in [-0.05, 0) is 56.8 Å². The first-order valence-electron chi connectivity index (χ1n) is 6.26. The first kappa shape index (κ1) is 16.1. The second-order valence-corrected chi connectivity index (χ2v) is 5.51. The van der Waals surface area contributed by atoms with Gasteiger partial charge in [-0.25, -0.2) is 0 Å². The number of ether oxygens (including phenoxy) is 1. The van der Waals surface area contributed by atoms with Crippen LogP contribution in [-0.4, -0.2) is 22.4 Å². The average molecular weight is 413 g/mol. The van der Waals surface area contributed by atoms with Crippen LogP contribution in [0.4, 0.5) is 11.5 Å². The molecular weight excluding hydrogens is 401 g/mol. The van der Waals surface area contributed by atoms with E-state index >= 15 is 0 Å². The Hall–Kier alpha value is -2.23. The summed E-state index contributed by atoms with van der Waals surface area (Å²) in [4.78, 5) is 25.9. The number of anilines is 1. The third-order valence-corrected chi connectivity index (χ3v) is 3.60. The number of para-hydroxylation sites is 1. The molecule has 2 aromatic rings. The molecule has 0 aliphatic carbocycles. The summed E-state index contributed by atoms with van der Waals surface area (Å²) in [5.74, 6) is -0.838. The fourth-order valence-electron chi connectivity index (χ4n) is 1.67. The Bertz CT molecular complexity index is 721. The van der Waals surface area contributed by atoms with Crippen molar-refractivity contribution in [3.63, 3.8) is 0 Å². The normalized spacial score (nSPS) is 10.1. The standard InChI is InChI=1S/C14H12IN3O4/c1-9-6-7-12(14(16-9)18(20)21)22-8-13(19)17-11-5-3-2-4-10(11)15/h2-7H,8H2,1H3,(H,17,19). The number of rotatable bonds is 5. The van der Waals surface area contributed by atoms with Crippen molar-refractivity contribution in [3.8, 4) is 5.75 Å². The Morgan fingerprint density at radius 3 is 2.77 bits per heavy atom. The molecule has 8 heteroatoms. The lowest BCUT2D eigenvalue weighted by Gasteiger charge is -2.08. The first-order chi connectivity index (χ1) is 10.5. The van der Waals surface area contributed by atoms with Gasteiger partial charge in [-0.1, -0.05) is 12.1 Å². The molecule has 0 aliphatic rings. The first-order valence-corrected chi connectivity index (χ1v) is 7.34. The number of hydrogen-bond donors (Lipinski definition) is 1. The van der Waals surface area contributed by atoms with Crippen molar-refractivity contribution in [1.82, 2.24) is 4.98 Å². The van der Waals surface area contributed by atoms with Gasteiger partial charge in [0.2, 0.25) is 5.75 Å². The van der Waals surface area contributed by atoms with Crippen LogP contribution in [0.15, 0.2) is 36.4 Å². The molecule has 7 nitrogen and oxygen atoms in total. The van der Waals surface area contributed by atoms with Crippen molar-refractivity contribution in [2.75, 3.05) is 11.9 Å². The molecule has 22 heavy (non-hydrogen) atoms. The molecule has 2 rings (SSSR count). The summed E-state index contributed by atoms with van der Waals surface area (Å²) in [5, 5.41) is 13.6. The summed E-state index contributed by atoms with van der Waals surface area (Å²) in [6.07, 6.45) is 0. The highest BCUT2D eigenvalue weighted by Gasteiger charge is 2.18. The number of amides is 1. The maximum atomic E-state index is 11.9. The fraction of sp³-hybridized carbons (Fsp3) is 0.143. The highest BCUT2D eigenvalue weighted by molar-refractivity contribution is 14.1. The van der Waals surface area contributed by atoms with Crippen molar-refractivity contribution in [3.05, 3.63) is 55.8 Å². The van der Waals surface area contributed by atoms with Crippen LogP contribution >= 0.6 is 22.6 Å². The van der Waals surface area contributed by atoms with Crippen LogP contribution < -0.4 is 10.1 Å². The smallest absolute Gasteiger partial charge is 0.406 e. The molecule has 0 fully saturated rings. The van der Waals surface area contributed by atoms with Crippen molar-refractivity contribution in [1.29, 1.82) is 0 Å². The zero-order chi connectivity index (χ0) is 16.1. The van der Waals surface area contributed by atoms with Gasteiger partial charge < -0.3 is 20.2 Å². The lowest BCUT2D eigenvalue weighted by molar-refractivity contribution is -0.390. The maximum absolute atomic E-state index is 11.9. The van der Waals surface area contributed by atoms with Crippen LogP contribution in [0.2, 0.25) is 0 Å². The number of benzene rings is 1. The van der Waals surface area contributed by atoms with Crippen LogP contribution in [0.25, 0.3) is 0 Å². The minimum atomic E-state index is -0.639. The fourth-order valence-corrected chi connectivity index (χ4v) is 2.19. The molecule has 114 valence electrons. The molecule has 1 aromatic carbocycles. The third kappa shape index (κ3) is 4.13. The molecule has 0 spiro atoms. The van der Waals surface area contributed by atoms with Crippen molar-refractivity contribution < 1.29 is 14.5 Å². The zero-order valence-corrected chi connectivity index (χ0v) is 13.7. The minimum absolute atomic E-state index is 0.0338. The van der Waals surface area contributed by atoms with Gasteiger partial charge in [-0.15, -0.1) is 0 Å². The molecule has 0 saturated heterocycles. The van der Waals surface area contributed by atoms with E-state index in [0.29, 0.717) is 11.4 Å². The molecule has 1 amide bonds. The predicted octanol–water partition coefficient (Wildman–Crippen LogP) is 2.92. The quantitative estimate of drug-likeness (QED) is 0.462. The molecule has 1 N–H and O–H groups in total. The number of hydrogen-bond acceptors (Lipinski definition) is 5. The molecule has 0 unspecified atom stereocenters. The van der Waals surface area contributed by atoms with Crippen molar-refractivity contribution in [2.45, 2.75) is 6.92 Å². The number of nitro groups is 1. The molecule has 0 radical (unpaired) electrons. The summed E-state index contributed by atoms with van der Waals surface area (Å²) in [6.45, 7) is 1.30. The Kier molecular flexibility index (Phi) is 5.26. The van der Waals surface area contributed by atoms with Gasteiger partial charge in [0.1, 0.15) is 5.69 Å². The number of pyridine rings is 1. The van der Waals surface area contributed by atoms with E-state index in [2.05, 4.69) is 32.9 Å². The lowest BCUT2D eigenvalue weighted by Crippen LogP contribution is -2.21. The number of halogens is 1. The van der Waals surface area contributed by atoms with Gasteiger partial charge in [0.15, 0.2) is 6.61 Å². The Morgan fingerprint density at radius 1 is 1.36 bits per heavy atom. The molecular formula is C14H12IN3O4. The van der Waals surface area contributed by atoms with E-state index in [-0.39, 0.29) is 12.4 Å². The number of nitrogens with zero attached hydrogens (tertiary/aromatic N) is 2. The van der Waals surface area contributed by atoms with Crippen LogP contribution in [0.3, 0.4) is 0 Å². The van der Waals surface area contributed by atoms with E-state index in [4.69, 9.17) is 4.74 Å². The Labute approximate surface area is 140 Å². The molecule has 1 aromatic heterocycles. The highest BCUT2D eigenvalue weighted by atomic mass is 127. The van der Waals surface area contributed by atoms with Gasteiger partial charge >= 0.3 is 5.82 Å². The number of aryl methyl sites for hydroxylation is 1. The minimum Gasteiger partial charge on any atom is -0.476 e. The van der Waals surface area contributed by atoms with E-state index < -0.39 is 16.6 Å². The van der Waals surface area contributed by atoms with Crippen LogP contribution in [0.5, 0.6) is 5.75 Å². The van der Waals surface area contributed by atoms with Gasteiger partial charge in [0.05, 0.1) is 5.69 Å². The highest BCUT2D eigenvalue weighted by Crippen LogP contribution is 2.24. The molecule has 0 atom stereocenters. The van der Waals surface area contributed by atoms with E-state index in [1.165, 1.54) is 6.07 Å². The molecule has 0 saturated carbocycles. The number of nitrogens with one attached hydrogen (secondary N) is 1. The van der Waals surface area contributed by atoms with Gasteiger partial charge in [-0.3, -0.25) is 4.79 Å². The van der Waals surface area contributed by atoms with Crippen molar-refractivity contribution >= 4 is 40.0 Å². The molecule has 1 heterocycles. The summed E-state index contributed by atoms with van der Waals surface area (Å²) in [5.41, 5.74) is 1.16. The molecule has 0 aliphatic heterocycles. The van der Waals surface area contributed by atoms with E-state index in [0.717, 1.165) is 3.57 Å². The summed E-state index contributed by atoms with van der Waals surface area (Å²) in [7, 11) is 0. The largest absolute Gasteiger partial charge is 0.476 e. The van der Waals surface area contributed by atoms with Gasteiger partial charge in [0.25, 0.3) is 5.91 Å². The Balaban J connectivity index is 2.03. The third-order valence-electron chi connectivity index (χ3n) is 2.66. The van der Waals surface area contributed by atoms with Crippen LogP contribution in [0, 0.1) is 20.6 Å². The van der Waals surface area contributed by atoms with E-state index in [1.54, 1.807) is 25.1 Å². The average Bonchev–Trinajstić information content (AvgIpc) is 2.48. The topological polar surface area (TPSA) is 94.4 Å². The predicted molar refractivity (Wildman–Crippen MR) is 88.9 cm³/mol. The number of carbonyl (C=O) groups excluding carboxylic acids is 1. The zero-order valence-electron chi connectivity index (χ0n) is 11.6. The lowest BCUT2D eigenvalue weighted by atomic mass is 10.3. The summed E-state index contributed by atoms with van der Waals surface area (Å²) < 4.78 is 6.09. The SMILES string of the molecule is Cc1ccc(OCC(=O)Nc2ccccc2I)c([N+](=O)[O-])n1. The van der Waals surface area contributed by atoms with Crippen LogP contribution in [-0.2, 0) is 4.79 Å². The van der Waals surface area contributed by atoms with E-state index in [9.17, 15) is 14.9 Å².